The molecule has 2 amide bonds. The van der Waals surface area contributed by atoms with Crippen LogP contribution in [0.15, 0.2) is 59.5 Å². The molecule has 8 heteroatoms. The molecule has 0 spiro atoms. The van der Waals surface area contributed by atoms with Crippen LogP contribution in [0, 0.1) is 0 Å². The zero-order valence-electron chi connectivity index (χ0n) is 15.4. The Morgan fingerprint density at radius 3 is 2.36 bits per heavy atom. The maximum atomic E-state index is 12.6. The Labute approximate surface area is 164 Å². The van der Waals surface area contributed by atoms with Gasteiger partial charge < -0.3 is 0 Å². The van der Waals surface area contributed by atoms with Gasteiger partial charge in [0, 0.05) is 25.1 Å². The van der Waals surface area contributed by atoms with Crippen LogP contribution >= 0.6 is 0 Å². The molecule has 148 valence electrons. The quantitative estimate of drug-likeness (QED) is 0.723. The number of amides is 2. The van der Waals surface area contributed by atoms with E-state index in [0.29, 0.717) is 19.5 Å². The molecule has 2 aromatic carbocycles. The maximum absolute atomic E-state index is 12.6. The van der Waals surface area contributed by atoms with Gasteiger partial charge in [-0.25, -0.2) is 8.42 Å². The number of nitrogens with one attached hydrogen (secondary N) is 2. The Balaban J connectivity index is 1.56. The number of hydrazine groups is 1. The molecule has 1 fully saturated rings. The molecule has 1 heterocycles. The largest absolute Gasteiger partial charge is 0.273 e. The lowest BCUT2D eigenvalue weighted by Gasteiger charge is -2.16. The van der Waals surface area contributed by atoms with Gasteiger partial charge in [-0.1, -0.05) is 36.4 Å². The molecule has 0 atom stereocenters. The fourth-order valence-corrected chi connectivity index (χ4v) is 4.60. The number of rotatable bonds is 6. The van der Waals surface area contributed by atoms with Crippen molar-refractivity contribution < 1.29 is 18.0 Å². The lowest BCUT2D eigenvalue weighted by molar-refractivity contribution is -0.121. The van der Waals surface area contributed by atoms with E-state index in [1.165, 1.54) is 28.6 Å². The highest BCUT2D eigenvalue weighted by Crippen LogP contribution is 2.21. The van der Waals surface area contributed by atoms with Crippen molar-refractivity contribution in [2.75, 3.05) is 13.1 Å². The summed E-state index contributed by atoms with van der Waals surface area (Å²) in [6.45, 7) is 0.993. The molecule has 1 aliphatic heterocycles. The number of carbonyl (C=O) groups is 2. The van der Waals surface area contributed by atoms with Crippen molar-refractivity contribution in [2.24, 2.45) is 0 Å². The van der Waals surface area contributed by atoms with E-state index in [1.807, 2.05) is 30.3 Å². The van der Waals surface area contributed by atoms with Gasteiger partial charge >= 0.3 is 0 Å². The molecule has 0 radical (unpaired) electrons. The fourth-order valence-electron chi connectivity index (χ4n) is 3.04. The van der Waals surface area contributed by atoms with Gasteiger partial charge in [0.25, 0.3) is 5.91 Å². The first-order valence-electron chi connectivity index (χ1n) is 9.20. The van der Waals surface area contributed by atoms with E-state index >= 15 is 0 Å². The highest BCUT2D eigenvalue weighted by atomic mass is 32.2. The van der Waals surface area contributed by atoms with Crippen molar-refractivity contribution in [3.63, 3.8) is 0 Å². The van der Waals surface area contributed by atoms with Gasteiger partial charge in [-0.15, -0.1) is 0 Å². The Morgan fingerprint density at radius 1 is 0.929 bits per heavy atom. The summed E-state index contributed by atoms with van der Waals surface area (Å²) >= 11 is 0. The average molecular weight is 401 g/mol. The van der Waals surface area contributed by atoms with E-state index in [0.717, 1.165) is 18.4 Å². The lowest BCUT2D eigenvalue weighted by atomic mass is 10.1. The van der Waals surface area contributed by atoms with Crippen LogP contribution in [0.2, 0.25) is 0 Å². The minimum Gasteiger partial charge on any atom is -0.273 e. The van der Waals surface area contributed by atoms with Crippen molar-refractivity contribution in [1.29, 1.82) is 0 Å². The average Bonchev–Trinajstić information content (AvgIpc) is 3.27. The first-order valence-corrected chi connectivity index (χ1v) is 10.6. The van der Waals surface area contributed by atoms with Crippen molar-refractivity contribution in [1.82, 2.24) is 15.2 Å². The van der Waals surface area contributed by atoms with Crippen LogP contribution in [-0.2, 0) is 21.2 Å². The Bertz CT molecular complexity index is 939. The Morgan fingerprint density at radius 2 is 1.64 bits per heavy atom. The topological polar surface area (TPSA) is 95.6 Å². The van der Waals surface area contributed by atoms with E-state index in [9.17, 15) is 18.0 Å². The monoisotopic (exact) mass is 401 g/mol. The number of benzene rings is 2. The third-order valence-electron chi connectivity index (χ3n) is 4.60. The molecule has 28 heavy (non-hydrogen) atoms. The molecule has 2 N–H and O–H groups in total. The smallest absolute Gasteiger partial charge is 0.269 e. The number of hydrogen-bond acceptors (Lipinski definition) is 4. The van der Waals surface area contributed by atoms with Gasteiger partial charge in [0.1, 0.15) is 0 Å². The Kier molecular flexibility index (Phi) is 6.43. The highest BCUT2D eigenvalue weighted by molar-refractivity contribution is 7.89. The second kappa shape index (κ2) is 8.99. The summed E-state index contributed by atoms with van der Waals surface area (Å²) in [7, 11) is -3.60. The van der Waals surface area contributed by atoms with Crippen molar-refractivity contribution >= 4 is 21.8 Å². The van der Waals surface area contributed by atoms with Crippen LogP contribution in [0.1, 0.15) is 35.2 Å². The van der Waals surface area contributed by atoms with E-state index in [2.05, 4.69) is 10.9 Å². The SMILES string of the molecule is O=C(CCc1ccccc1)NNC(=O)c1cccc(S(=O)(=O)N2CCCC2)c1. The van der Waals surface area contributed by atoms with Crippen LogP contribution in [0.3, 0.4) is 0 Å². The second-order valence-corrected chi connectivity index (χ2v) is 8.56. The molecular formula is C20H23N3O4S. The predicted molar refractivity (Wildman–Crippen MR) is 105 cm³/mol. The summed E-state index contributed by atoms with van der Waals surface area (Å²) in [5.74, 6) is -0.885. The molecule has 0 aromatic heterocycles. The molecule has 0 unspecified atom stereocenters. The summed E-state index contributed by atoms with van der Waals surface area (Å²) in [5, 5.41) is 0. The van der Waals surface area contributed by atoms with E-state index in [-0.39, 0.29) is 22.8 Å². The van der Waals surface area contributed by atoms with Crippen LogP contribution in [0.5, 0.6) is 0 Å². The summed E-state index contributed by atoms with van der Waals surface area (Å²) in [6, 6.07) is 15.4. The minimum absolute atomic E-state index is 0.0810. The third-order valence-corrected chi connectivity index (χ3v) is 6.49. The van der Waals surface area contributed by atoms with Crippen molar-refractivity contribution in [3.8, 4) is 0 Å². The first-order chi connectivity index (χ1) is 13.5. The molecule has 7 nitrogen and oxygen atoms in total. The summed E-state index contributed by atoms with van der Waals surface area (Å²) in [4.78, 5) is 24.3. The highest BCUT2D eigenvalue weighted by Gasteiger charge is 2.27. The zero-order chi connectivity index (χ0) is 20.0. The Hall–Kier alpha value is -2.71. The summed E-state index contributed by atoms with van der Waals surface area (Å²) < 4.78 is 26.7. The zero-order valence-corrected chi connectivity index (χ0v) is 16.2. The summed E-state index contributed by atoms with van der Waals surface area (Å²) in [6.07, 6.45) is 2.47. The maximum Gasteiger partial charge on any atom is 0.269 e. The van der Waals surface area contributed by atoms with E-state index in [4.69, 9.17) is 0 Å². The lowest BCUT2D eigenvalue weighted by Crippen LogP contribution is -2.41. The molecule has 1 saturated heterocycles. The van der Waals surface area contributed by atoms with Gasteiger partial charge in [0.15, 0.2) is 0 Å². The van der Waals surface area contributed by atoms with Crippen LogP contribution in [0.4, 0.5) is 0 Å². The third kappa shape index (κ3) is 4.96. The van der Waals surface area contributed by atoms with E-state index < -0.39 is 15.9 Å². The van der Waals surface area contributed by atoms with Gasteiger partial charge in [-0.3, -0.25) is 20.4 Å². The van der Waals surface area contributed by atoms with Gasteiger partial charge in [0.2, 0.25) is 15.9 Å². The molecule has 0 saturated carbocycles. The minimum atomic E-state index is -3.60. The normalized spacial score (nSPS) is 14.6. The summed E-state index contributed by atoms with van der Waals surface area (Å²) in [5.41, 5.74) is 5.90. The van der Waals surface area contributed by atoms with Gasteiger partial charge in [-0.2, -0.15) is 4.31 Å². The van der Waals surface area contributed by atoms with Crippen molar-refractivity contribution in [2.45, 2.75) is 30.6 Å². The molecular weight excluding hydrogens is 378 g/mol. The molecule has 0 bridgehead atoms. The molecule has 3 rings (SSSR count). The fraction of sp³-hybridized carbons (Fsp3) is 0.300. The standard InChI is InChI=1S/C20H23N3O4S/c24-19(12-11-16-7-2-1-3-8-16)21-22-20(25)17-9-6-10-18(15-17)28(26,27)23-13-4-5-14-23/h1-3,6-10,15H,4-5,11-14H2,(H,21,24)(H,22,25). The predicted octanol–water partition coefficient (Wildman–Crippen LogP) is 1.86. The number of nitrogens with zero attached hydrogens (tertiary/aromatic N) is 1. The number of aryl methyl sites for hydroxylation is 1. The first kappa shape index (κ1) is 20.0. The number of sulfonamides is 1. The number of hydrogen-bond donors (Lipinski definition) is 2. The van der Waals surface area contributed by atoms with Gasteiger partial charge in [-0.05, 0) is 43.0 Å². The molecule has 2 aromatic rings. The number of carbonyl (C=O) groups excluding carboxylic acids is 2. The van der Waals surface area contributed by atoms with Crippen molar-refractivity contribution in [3.05, 3.63) is 65.7 Å². The van der Waals surface area contributed by atoms with Crippen LogP contribution in [0.25, 0.3) is 0 Å². The van der Waals surface area contributed by atoms with Crippen LogP contribution in [-0.4, -0.2) is 37.6 Å². The second-order valence-electron chi connectivity index (χ2n) is 6.63. The molecule has 1 aliphatic rings. The van der Waals surface area contributed by atoms with E-state index in [1.54, 1.807) is 0 Å². The van der Waals surface area contributed by atoms with Gasteiger partial charge in [0.05, 0.1) is 4.90 Å². The molecule has 0 aliphatic carbocycles. The van der Waals surface area contributed by atoms with Crippen LogP contribution < -0.4 is 10.9 Å².